The quantitative estimate of drug-likeness (QED) is 0.0343. The standard InChI is InChI=1S/C64H124O6/c1-5-8-10-12-14-16-18-20-22-23-24-25-27-33-37-41-45-49-53-57-64(67)70-61(58-68-62(65)55-51-47-43-39-35-31-26-21-19-17-15-13-11-9-6-2)59-69-63(66)56-52-48-44-40-36-32-29-28-30-34-38-42-46-50-54-60(4)7-3/h60-61H,5-59H2,1-4H3/t60?,61-/m0/s1. The summed E-state index contributed by atoms with van der Waals surface area (Å²) in [6, 6.07) is 0. The highest BCUT2D eigenvalue weighted by Crippen LogP contribution is 2.19. The van der Waals surface area contributed by atoms with Crippen molar-refractivity contribution < 1.29 is 28.6 Å². The van der Waals surface area contributed by atoms with Gasteiger partial charge in [0.05, 0.1) is 0 Å². The average molecular weight is 990 g/mol. The van der Waals surface area contributed by atoms with Gasteiger partial charge in [-0.3, -0.25) is 14.4 Å². The van der Waals surface area contributed by atoms with Crippen LogP contribution >= 0.6 is 0 Å². The van der Waals surface area contributed by atoms with Gasteiger partial charge in [-0.15, -0.1) is 0 Å². The lowest BCUT2D eigenvalue weighted by molar-refractivity contribution is -0.167. The minimum Gasteiger partial charge on any atom is -0.462 e. The predicted molar refractivity (Wildman–Crippen MR) is 303 cm³/mol. The average Bonchev–Trinajstić information content (AvgIpc) is 3.36. The zero-order chi connectivity index (χ0) is 50.9. The van der Waals surface area contributed by atoms with Crippen molar-refractivity contribution in [1.29, 1.82) is 0 Å². The molecule has 0 bridgehead atoms. The maximum atomic E-state index is 12.9. The van der Waals surface area contributed by atoms with E-state index < -0.39 is 6.10 Å². The number of hydrogen-bond acceptors (Lipinski definition) is 6. The molecule has 0 N–H and O–H groups in total. The number of unbranched alkanes of at least 4 members (excludes halogenated alkanes) is 45. The lowest BCUT2D eigenvalue weighted by Gasteiger charge is -2.18. The Morgan fingerprint density at radius 2 is 0.500 bits per heavy atom. The highest BCUT2D eigenvalue weighted by Gasteiger charge is 2.19. The molecule has 0 radical (unpaired) electrons. The van der Waals surface area contributed by atoms with Crippen LogP contribution in [0.15, 0.2) is 0 Å². The van der Waals surface area contributed by atoms with Crippen molar-refractivity contribution in [2.24, 2.45) is 5.92 Å². The first-order valence-electron chi connectivity index (χ1n) is 31.9. The fourth-order valence-corrected chi connectivity index (χ4v) is 9.95. The van der Waals surface area contributed by atoms with Crippen molar-refractivity contribution in [3.63, 3.8) is 0 Å². The monoisotopic (exact) mass is 989 g/mol. The summed E-state index contributed by atoms with van der Waals surface area (Å²) < 4.78 is 17.0. The summed E-state index contributed by atoms with van der Waals surface area (Å²) in [5.74, 6) is 0.0681. The zero-order valence-electron chi connectivity index (χ0n) is 48.0. The molecular formula is C64H124O6. The molecule has 0 aliphatic carbocycles. The molecule has 0 saturated carbocycles. The smallest absolute Gasteiger partial charge is 0.306 e. The van der Waals surface area contributed by atoms with Crippen LogP contribution in [0.5, 0.6) is 0 Å². The Morgan fingerprint density at radius 1 is 0.286 bits per heavy atom. The second kappa shape index (κ2) is 58.3. The van der Waals surface area contributed by atoms with Crippen LogP contribution in [-0.4, -0.2) is 37.2 Å². The molecule has 0 aliphatic rings. The summed E-state index contributed by atoms with van der Waals surface area (Å²) in [6.45, 7) is 9.12. The van der Waals surface area contributed by atoms with Crippen LogP contribution in [-0.2, 0) is 28.6 Å². The molecule has 0 spiro atoms. The van der Waals surface area contributed by atoms with E-state index in [9.17, 15) is 14.4 Å². The zero-order valence-corrected chi connectivity index (χ0v) is 48.0. The van der Waals surface area contributed by atoms with E-state index in [2.05, 4.69) is 27.7 Å². The Labute approximate surface area is 438 Å². The summed E-state index contributed by atoms with van der Waals surface area (Å²) in [5, 5.41) is 0. The minimum atomic E-state index is -0.763. The van der Waals surface area contributed by atoms with Crippen molar-refractivity contribution in [2.45, 2.75) is 374 Å². The summed E-state index contributed by atoms with van der Waals surface area (Å²) in [6.07, 6.45) is 65.2. The minimum absolute atomic E-state index is 0.0612. The molecule has 0 saturated heterocycles. The molecule has 416 valence electrons. The number of rotatable bonds is 59. The Kier molecular flexibility index (Phi) is 57.0. The first-order chi connectivity index (χ1) is 34.4. The fraction of sp³-hybridized carbons (Fsp3) is 0.953. The molecule has 0 rings (SSSR count). The Bertz CT molecular complexity index is 1060. The number of ether oxygens (including phenoxy) is 3. The molecule has 0 aromatic rings. The van der Waals surface area contributed by atoms with E-state index >= 15 is 0 Å². The van der Waals surface area contributed by atoms with Crippen LogP contribution in [0.2, 0.25) is 0 Å². The number of hydrogen-bond donors (Lipinski definition) is 0. The second-order valence-electron chi connectivity index (χ2n) is 22.3. The molecule has 0 aromatic heterocycles. The van der Waals surface area contributed by atoms with Crippen LogP contribution in [0, 0.1) is 5.92 Å². The summed E-state index contributed by atoms with van der Waals surface area (Å²) in [4.78, 5) is 38.3. The summed E-state index contributed by atoms with van der Waals surface area (Å²) in [7, 11) is 0. The SMILES string of the molecule is CCCCCCCCCCCCCCCCCCCCCC(=O)O[C@@H](COC(=O)CCCCCCCCCCCCCCCCC)COC(=O)CCCCCCCCCCCCCCCCC(C)CC. The second-order valence-corrected chi connectivity index (χ2v) is 22.3. The van der Waals surface area contributed by atoms with Crippen molar-refractivity contribution in [2.75, 3.05) is 13.2 Å². The van der Waals surface area contributed by atoms with Gasteiger partial charge in [0.25, 0.3) is 0 Å². The van der Waals surface area contributed by atoms with Gasteiger partial charge < -0.3 is 14.2 Å². The maximum Gasteiger partial charge on any atom is 0.306 e. The van der Waals surface area contributed by atoms with Crippen molar-refractivity contribution in [3.05, 3.63) is 0 Å². The van der Waals surface area contributed by atoms with Crippen LogP contribution < -0.4 is 0 Å². The lowest BCUT2D eigenvalue weighted by atomic mass is 9.99. The van der Waals surface area contributed by atoms with E-state index in [0.29, 0.717) is 19.3 Å². The largest absolute Gasteiger partial charge is 0.462 e. The van der Waals surface area contributed by atoms with Gasteiger partial charge in [-0.05, 0) is 25.2 Å². The first-order valence-corrected chi connectivity index (χ1v) is 31.9. The van der Waals surface area contributed by atoms with Gasteiger partial charge in [-0.1, -0.05) is 329 Å². The predicted octanol–water partition coefficient (Wildman–Crippen LogP) is 21.4. The first kappa shape index (κ1) is 68.4. The van der Waals surface area contributed by atoms with Crippen LogP contribution in [0.25, 0.3) is 0 Å². The van der Waals surface area contributed by atoms with Gasteiger partial charge in [0.15, 0.2) is 6.10 Å². The van der Waals surface area contributed by atoms with Crippen molar-refractivity contribution >= 4 is 17.9 Å². The number of carbonyl (C=O) groups excluding carboxylic acids is 3. The van der Waals surface area contributed by atoms with Crippen LogP contribution in [0.4, 0.5) is 0 Å². The van der Waals surface area contributed by atoms with Gasteiger partial charge in [-0.25, -0.2) is 0 Å². The molecule has 0 fully saturated rings. The third kappa shape index (κ3) is 55.7. The molecule has 6 nitrogen and oxygen atoms in total. The molecular weight excluding hydrogens is 865 g/mol. The molecule has 0 aromatic carbocycles. The van der Waals surface area contributed by atoms with E-state index in [1.165, 1.54) is 263 Å². The van der Waals surface area contributed by atoms with E-state index in [1.807, 2.05) is 0 Å². The highest BCUT2D eigenvalue weighted by molar-refractivity contribution is 5.71. The Hall–Kier alpha value is -1.59. The van der Waals surface area contributed by atoms with E-state index in [0.717, 1.165) is 63.7 Å². The Morgan fingerprint density at radius 3 is 0.743 bits per heavy atom. The molecule has 0 heterocycles. The highest BCUT2D eigenvalue weighted by atomic mass is 16.6. The topological polar surface area (TPSA) is 78.9 Å². The van der Waals surface area contributed by atoms with Gasteiger partial charge in [0, 0.05) is 19.3 Å². The summed E-state index contributed by atoms with van der Waals surface area (Å²) in [5.41, 5.74) is 0. The van der Waals surface area contributed by atoms with E-state index in [-0.39, 0.29) is 31.1 Å². The maximum absolute atomic E-state index is 12.9. The van der Waals surface area contributed by atoms with E-state index in [4.69, 9.17) is 14.2 Å². The summed E-state index contributed by atoms with van der Waals surface area (Å²) >= 11 is 0. The molecule has 0 amide bonds. The van der Waals surface area contributed by atoms with Gasteiger partial charge in [0.1, 0.15) is 13.2 Å². The molecule has 1 unspecified atom stereocenters. The van der Waals surface area contributed by atoms with Crippen LogP contribution in [0.1, 0.15) is 368 Å². The van der Waals surface area contributed by atoms with E-state index in [1.54, 1.807) is 0 Å². The van der Waals surface area contributed by atoms with Gasteiger partial charge >= 0.3 is 17.9 Å². The van der Waals surface area contributed by atoms with Crippen LogP contribution in [0.3, 0.4) is 0 Å². The molecule has 0 aliphatic heterocycles. The van der Waals surface area contributed by atoms with Gasteiger partial charge in [-0.2, -0.15) is 0 Å². The molecule has 70 heavy (non-hydrogen) atoms. The normalized spacial score (nSPS) is 12.3. The third-order valence-corrected chi connectivity index (χ3v) is 15.2. The van der Waals surface area contributed by atoms with Gasteiger partial charge in [0.2, 0.25) is 0 Å². The lowest BCUT2D eigenvalue weighted by Crippen LogP contribution is -2.30. The number of esters is 3. The van der Waals surface area contributed by atoms with Crippen molar-refractivity contribution in [1.82, 2.24) is 0 Å². The third-order valence-electron chi connectivity index (χ3n) is 15.2. The Balaban J connectivity index is 4.28. The fourth-order valence-electron chi connectivity index (χ4n) is 9.95. The molecule has 6 heteroatoms. The van der Waals surface area contributed by atoms with Crippen molar-refractivity contribution in [3.8, 4) is 0 Å². The molecule has 2 atom stereocenters. The number of carbonyl (C=O) groups is 3.